The summed E-state index contributed by atoms with van der Waals surface area (Å²) in [6, 6.07) is 32.4. The van der Waals surface area contributed by atoms with Gasteiger partial charge >= 0.3 is 0 Å². The van der Waals surface area contributed by atoms with Gasteiger partial charge in [0, 0.05) is 31.0 Å². The Kier molecular flexibility index (Phi) is 10.9. The fraction of sp³-hybridized carbons (Fsp3) is 0.375. The summed E-state index contributed by atoms with van der Waals surface area (Å²) >= 11 is 0. The Morgan fingerprint density at radius 1 is 0.750 bits per heavy atom. The molecule has 0 fully saturated rings. The molecule has 1 unspecified atom stereocenters. The van der Waals surface area contributed by atoms with Crippen LogP contribution in [0.1, 0.15) is 70.8 Å². The Morgan fingerprint density at radius 2 is 1.48 bits per heavy atom. The molecule has 0 spiro atoms. The lowest BCUT2D eigenvalue weighted by Crippen LogP contribution is -2.51. The highest BCUT2D eigenvalue weighted by Crippen LogP contribution is 2.54. The lowest BCUT2D eigenvalue weighted by molar-refractivity contribution is -0.954. The van der Waals surface area contributed by atoms with Crippen molar-refractivity contribution in [1.29, 1.82) is 0 Å². The van der Waals surface area contributed by atoms with E-state index < -0.39 is 0 Å². The Balaban J connectivity index is 1.39. The largest absolute Gasteiger partial charge is 0.493 e. The summed E-state index contributed by atoms with van der Waals surface area (Å²) in [7, 11) is 9.77. The first-order valence-electron chi connectivity index (χ1n) is 20.1. The molecule has 0 saturated heterocycles. The zero-order chi connectivity index (χ0) is 38.8. The van der Waals surface area contributed by atoms with Crippen LogP contribution in [-0.4, -0.2) is 64.5 Å². The molecular formula is C48H55N2O6+. The van der Waals surface area contributed by atoms with Crippen LogP contribution in [0.3, 0.4) is 0 Å². The molecule has 0 radical (unpaired) electrons. The van der Waals surface area contributed by atoms with Crippen molar-refractivity contribution < 1.29 is 32.9 Å². The van der Waals surface area contributed by atoms with Crippen LogP contribution in [0.5, 0.6) is 46.0 Å². The smallest absolute Gasteiger partial charge is 0.204 e. The number of nitrogens with zero attached hydrogens (tertiary/aromatic N) is 2. The van der Waals surface area contributed by atoms with Gasteiger partial charge < -0.3 is 32.9 Å². The van der Waals surface area contributed by atoms with Crippen molar-refractivity contribution in [1.82, 2.24) is 4.90 Å². The fourth-order valence-electron chi connectivity index (χ4n) is 8.96. The van der Waals surface area contributed by atoms with Crippen molar-refractivity contribution in [2.75, 3.05) is 55.1 Å². The number of likely N-dealkylation sites (N-methyl/N-ethyl adjacent to an activating group) is 2. The zero-order valence-corrected chi connectivity index (χ0v) is 33.7. The fourth-order valence-corrected chi connectivity index (χ4v) is 8.96. The van der Waals surface area contributed by atoms with Crippen molar-refractivity contribution in [3.8, 4) is 46.0 Å². The van der Waals surface area contributed by atoms with Crippen LogP contribution in [0, 0.1) is 0 Å². The second kappa shape index (κ2) is 16.1. The summed E-state index contributed by atoms with van der Waals surface area (Å²) < 4.78 is 39.7. The molecule has 5 aromatic rings. The normalized spacial score (nSPS) is 20.1. The lowest BCUT2D eigenvalue weighted by atomic mass is 9.84. The Labute approximate surface area is 332 Å². The number of benzene rings is 5. The maximum absolute atomic E-state index is 7.38. The van der Waals surface area contributed by atoms with E-state index >= 15 is 0 Å². The van der Waals surface area contributed by atoms with E-state index in [0.717, 1.165) is 79.5 Å². The van der Waals surface area contributed by atoms with E-state index in [9.17, 15) is 0 Å². The second-order valence-electron chi connectivity index (χ2n) is 15.8. The van der Waals surface area contributed by atoms with Gasteiger partial charge in [-0.15, -0.1) is 0 Å². The minimum absolute atomic E-state index is 0.0182. The summed E-state index contributed by atoms with van der Waals surface area (Å²) in [5.74, 6) is 5.59. The molecule has 4 aliphatic heterocycles. The van der Waals surface area contributed by atoms with Gasteiger partial charge in [-0.3, -0.25) is 4.90 Å². The minimum atomic E-state index is -0.0182. The molecule has 0 amide bonds. The van der Waals surface area contributed by atoms with Crippen molar-refractivity contribution in [3.05, 3.63) is 130 Å². The van der Waals surface area contributed by atoms with E-state index in [4.69, 9.17) is 28.4 Å². The number of unbranched alkanes of at least 4 members (excludes halogenated alkanes) is 1. The van der Waals surface area contributed by atoms with Gasteiger partial charge in [0.05, 0.1) is 47.1 Å². The van der Waals surface area contributed by atoms with Gasteiger partial charge in [-0.1, -0.05) is 61.9 Å². The third-order valence-electron chi connectivity index (χ3n) is 12.2. The van der Waals surface area contributed by atoms with Gasteiger partial charge in [-0.05, 0) is 96.6 Å². The highest BCUT2D eigenvalue weighted by atomic mass is 16.6. The van der Waals surface area contributed by atoms with E-state index in [1.807, 2.05) is 6.07 Å². The molecule has 0 saturated carbocycles. The van der Waals surface area contributed by atoms with E-state index in [0.29, 0.717) is 46.9 Å². The Morgan fingerprint density at radius 3 is 2.23 bits per heavy atom. The first-order chi connectivity index (χ1) is 27.3. The molecule has 3 atom stereocenters. The van der Waals surface area contributed by atoms with Crippen LogP contribution in [0.15, 0.2) is 91.0 Å². The summed E-state index contributed by atoms with van der Waals surface area (Å²) in [6.45, 7) is 5.47. The summed E-state index contributed by atoms with van der Waals surface area (Å²) in [6.07, 6.45) is 5.28. The number of rotatable bonds is 9. The van der Waals surface area contributed by atoms with Gasteiger partial charge in [0.1, 0.15) is 18.3 Å². The van der Waals surface area contributed by atoms with E-state index in [1.54, 1.807) is 21.3 Å². The van der Waals surface area contributed by atoms with Gasteiger partial charge in [-0.2, -0.15) is 0 Å². The van der Waals surface area contributed by atoms with E-state index in [2.05, 4.69) is 111 Å². The molecule has 4 aliphatic rings. The van der Waals surface area contributed by atoms with E-state index in [1.165, 1.54) is 27.8 Å². The topological polar surface area (TPSA) is 58.6 Å². The van der Waals surface area contributed by atoms with E-state index in [-0.39, 0.29) is 12.1 Å². The highest BCUT2D eigenvalue weighted by molar-refractivity contribution is 5.63. The second-order valence-corrected chi connectivity index (χ2v) is 15.8. The summed E-state index contributed by atoms with van der Waals surface area (Å²) in [5, 5.41) is 0. The van der Waals surface area contributed by atoms with Crippen molar-refractivity contribution in [2.45, 2.75) is 64.1 Å². The van der Waals surface area contributed by atoms with Crippen LogP contribution in [0.2, 0.25) is 0 Å². The van der Waals surface area contributed by atoms with Crippen molar-refractivity contribution in [2.24, 2.45) is 0 Å². The quantitative estimate of drug-likeness (QED) is 0.110. The summed E-state index contributed by atoms with van der Waals surface area (Å²) in [5.41, 5.74) is 8.56. The number of methoxy groups -OCH3 is 3. The molecule has 8 heteroatoms. The Bertz CT molecular complexity index is 2170. The molecule has 56 heavy (non-hydrogen) atoms. The van der Waals surface area contributed by atoms with Crippen molar-refractivity contribution >= 4 is 0 Å². The average Bonchev–Trinajstić information content (AvgIpc) is 3.21. The first-order valence-corrected chi connectivity index (χ1v) is 20.1. The molecule has 8 nitrogen and oxygen atoms in total. The lowest BCUT2D eigenvalue weighted by Gasteiger charge is -2.46. The van der Waals surface area contributed by atoms with Gasteiger partial charge in [0.2, 0.25) is 5.75 Å². The van der Waals surface area contributed by atoms with Gasteiger partial charge in [-0.25, -0.2) is 0 Å². The predicted octanol–water partition coefficient (Wildman–Crippen LogP) is 10.0. The molecular weight excluding hydrogens is 701 g/mol. The first kappa shape index (κ1) is 37.7. The third kappa shape index (κ3) is 7.40. The van der Waals surface area contributed by atoms with Crippen LogP contribution in [0.4, 0.5) is 0 Å². The minimum Gasteiger partial charge on any atom is -0.493 e. The van der Waals surface area contributed by atoms with Crippen LogP contribution < -0.4 is 28.4 Å². The average molecular weight is 756 g/mol. The molecule has 0 aromatic heterocycles. The summed E-state index contributed by atoms with van der Waals surface area (Å²) in [4.78, 5) is 2.45. The monoisotopic (exact) mass is 755 g/mol. The van der Waals surface area contributed by atoms with Crippen LogP contribution in [-0.2, 0) is 32.2 Å². The maximum atomic E-state index is 7.38. The molecule has 292 valence electrons. The Hall–Kier alpha value is -5.18. The third-order valence-corrected chi connectivity index (χ3v) is 12.2. The molecule has 9 rings (SSSR count). The number of quaternary nitrogens is 1. The number of hydrogen-bond donors (Lipinski definition) is 0. The number of hydrogen-bond acceptors (Lipinski definition) is 7. The van der Waals surface area contributed by atoms with Crippen LogP contribution in [0.25, 0.3) is 0 Å². The molecule has 6 bridgehead atoms. The van der Waals surface area contributed by atoms with Gasteiger partial charge in [0.15, 0.2) is 34.5 Å². The molecule has 0 aliphatic carbocycles. The predicted molar refractivity (Wildman–Crippen MR) is 220 cm³/mol. The van der Waals surface area contributed by atoms with Crippen LogP contribution >= 0.6 is 0 Å². The maximum Gasteiger partial charge on any atom is 0.204 e. The molecule has 5 aromatic carbocycles. The zero-order valence-electron chi connectivity index (χ0n) is 33.7. The van der Waals surface area contributed by atoms with Crippen molar-refractivity contribution in [3.63, 3.8) is 0 Å². The standard InChI is InChI=1S/C48H55N2O6/c1-7-8-24-54-47-45(53-6)29-36-21-23-50(3,31-33-12-10-9-11-13-33)40-26-34-16-19-41(51-4)43(27-34)55-37-17-14-32(15-18-37)25-39-38-30-44(56-48(47)46(36)40)42(52-5)28-35(38)20-22-49(39)2/h9-19,27-30,39-40H,7-8,20-26,31H2,1-6H3/q+1/t39-,40-,50?/m0/s1. The van der Waals surface area contributed by atoms with Gasteiger partial charge in [0.25, 0.3) is 0 Å². The number of ether oxygens (including phenoxy) is 6. The number of fused-ring (bicyclic) bond motifs is 2. The molecule has 0 N–H and O–H groups in total. The highest BCUT2D eigenvalue weighted by Gasteiger charge is 2.44. The SMILES string of the molecule is CCCCOc1c(OC)cc2c3c1Oc1cc4c(cc1OC)CCN(C)[C@H]4Cc1ccc(cc1)Oc1cc(ccc1OC)C[C@@H]3[N+](C)(Cc1ccccc1)CC2. The molecule has 4 heterocycles.